The monoisotopic (exact) mass is 364 g/mol. The number of rotatable bonds is 3. The minimum atomic E-state index is -0.268. The van der Waals surface area contributed by atoms with Gasteiger partial charge >= 0.3 is 0 Å². The van der Waals surface area contributed by atoms with E-state index in [9.17, 15) is 4.79 Å². The lowest BCUT2D eigenvalue weighted by Crippen LogP contribution is -2.31. The molecular formula is C17H18Cl2N4O. The SMILES string of the molecule is Cc1nc(N2CCCCC2)ncc1C(=O)Nc1ccc(Cl)c(Cl)c1. The Bertz CT molecular complexity index is 760. The van der Waals surface area contributed by atoms with Crippen LogP contribution in [-0.2, 0) is 0 Å². The number of hydrogen-bond acceptors (Lipinski definition) is 4. The minimum absolute atomic E-state index is 0.268. The average molecular weight is 365 g/mol. The van der Waals surface area contributed by atoms with Crippen LogP contribution in [0.3, 0.4) is 0 Å². The van der Waals surface area contributed by atoms with Gasteiger partial charge in [-0.15, -0.1) is 0 Å². The standard InChI is InChI=1S/C17H18Cl2N4O/c1-11-13(10-20-17(21-11)23-7-3-2-4-8-23)16(24)22-12-5-6-14(18)15(19)9-12/h5-6,9-10H,2-4,7-8H2,1H3,(H,22,24). The second-order valence-corrected chi connectivity index (χ2v) is 6.61. The number of nitrogens with zero attached hydrogens (tertiary/aromatic N) is 3. The maximum Gasteiger partial charge on any atom is 0.259 e. The summed E-state index contributed by atoms with van der Waals surface area (Å²) in [5, 5.41) is 3.63. The molecule has 1 aliphatic rings. The Morgan fingerprint density at radius 3 is 2.58 bits per heavy atom. The first-order valence-electron chi connectivity index (χ1n) is 7.89. The van der Waals surface area contributed by atoms with Gasteiger partial charge in [0.05, 0.1) is 21.3 Å². The van der Waals surface area contributed by atoms with E-state index in [0.717, 1.165) is 25.9 Å². The maximum atomic E-state index is 12.4. The van der Waals surface area contributed by atoms with E-state index in [1.807, 2.05) is 6.92 Å². The highest BCUT2D eigenvalue weighted by molar-refractivity contribution is 6.42. The molecule has 0 aliphatic carbocycles. The lowest BCUT2D eigenvalue weighted by Gasteiger charge is -2.26. The number of benzene rings is 1. The number of carbonyl (C=O) groups excluding carboxylic acids is 1. The summed E-state index contributed by atoms with van der Waals surface area (Å²) in [4.78, 5) is 23.5. The first-order chi connectivity index (χ1) is 11.5. The van der Waals surface area contributed by atoms with Gasteiger partial charge in [0, 0.05) is 25.0 Å². The molecule has 126 valence electrons. The fourth-order valence-electron chi connectivity index (χ4n) is 2.70. The summed E-state index contributed by atoms with van der Waals surface area (Å²) < 4.78 is 0. The zero-order valence-corrected chi connectivity index (χ0v) is 14.9. The van der Waals surface area contributed by atoms with Gasteiger partial charge < -0.3 is 10.2 Å². The van der Waals surface area contributed by atoms with Crippen molar-refractivity contribution < 1.29 is 4.79 Å². The third-order valence-electron chi connectivity index (χ3n) is 4.03. The largest absolute Gasteiger partial charge is 0.341 e. The zero-order chi connectivity index (χ0) is 17.1. The molecule has 1 aromatic heterocycles. The quantitative estimate of drug-likeness (QED) is 0.879. The summed E-state index contributed by atoms with van der Waals surface area (Å²) in [6, 6.07) is 4.95. The van der Waals surface area contributed by atoms with Crippen molar-refractivity contribution >= 4 is 40.7 Å². The van der Waals surface area contributed by atoms with Crippen molar-refractivity contribution in [1.29, 1.82) is 0 Å². The Hall–Kier alpha value is -1.85. The Balaban J connectivity index is 1.75. The molecular weight excluding hydrogens is 347 g/mol. The highest BCUT2D eigenvalue weighted by atomic mass is 35.5. The van der Waals surface area contributed by atoms with Crippen molar-refractivity contribution in [3.05, 3.63) is 45.7 Å². The summed E-state index contributed by atoms with van der Waals surface area (Å²) in [5.41, 5.74) is 1.68. The van der Waals surface area contributed by atoms with Crippen LogP contribution >= 0.6 is 23.2 Å². The summed E-state index contributed by atoms with van der Waals surface area (Å²) in [6.07, 6.45) is 5.14. The topological polar surface area (TPSA) is 58.1 Å². The molecule has 1 fully saturated rings. The molecule has 0 unspecified atom stereocenters. The highest BCUT2D eigenvalue weighted by Crippen LogP contribution is 2.25. The van der Waals surface area contributed by atoms with E-state index < -0.39 is 0 Å². The van der Waals surface area contributed by atoms with Gasteiger partial charge in [0.2, 0.25) is 5.95 Å². The van der Waals surface area contributed by atoms with Crippen molar-refractivity contribution in [2.45, 2.75) is 26.2 Å². The molecule has 5 nitrogen and oxygen atoms in total. The number of halogens is 2. The zero-order valence-electron chi connectivity index (χ0n) is 13.4. The first-order valence-corrected chi connectivity index (χ1v) is 8.65. The van der Waals surface area contributed by atoms with Crippen LogP contribution in [0.25, 0.3) is 0 Å². The molecule has 0 radical (unpaired) electrons. The van der Waals surface area contributed by atoms with Gasteiger partial charge in [0.1, 0.15) is 0 Å². The first kappa shape index (κ1) is 17.0. The predicted molar refractivity (Wildman–Crippen MR) is 97.2 cm³/mol. The van der Waals surface area contributed by atoms with Crippen LogP contribution in [0.15, 0.2) is 24.4 Å². The smallest absolute Gasteiger partial charge is 0.259 e. The van der Waals surface area contributed by atoms with Gasteiger partial charge in [-0.3, -0.25) is 4.79 Å². The predicted octanol–water partition coefficient (Wildman–Crippen LogP) is 4.33. The van der Waals surface area contributed by atoms with E-state index in [1.165, 1.54) is 6.42 Å². The van der Waals surface area contributed by atoms with Crippen LogP contribution in [0.1, 0.15) is 35.3 Å². The van der Waals surface area contributed by atoms with Crippen LogP contribution in [0.2, 0.25) is 10.0 Å². The van der Waals surface area contributed by atoms with E-state index in [0.29, 0.717) is 32.9 Å². The Morgan fingerprint density at radius 2 is 1.92 bits per heavy atom. The van der Waals surface area contributed by atoms with Crippen LogP contribution in [0.5, 0.6) is 0 Å². The van der Waals surface area contributed by atoms with Gasteiger partial charge in [-0.25, -0.2) is 9.97 Å². The molecule has 1 amide bonds. The van der Waals surface area contributed by atoms with Crippen molar-refractivity contribution in [1.82, 2.24) is 9.97 Å². The van der Waals surface area contributed by atoms with Gasteiger partial charge in [-0.1, -0.05) is 23.2 Å². The molecule has 24 heavy (non-hydrogen) atoms. The maximum absolute atomic E-state index is 12.4. The molecule has 1 aliphatic heterocycles. The third kappa shape index (κ3) is 3.79. The van der Waals surface area contributed by atoms with Crippen molar-refractivity contribution in [2.24, 2.45) is 0 Å². The van der Waals surface area contributed by atoms with E-state index in [2.05, 4.69) is 20.2 Å². The second-order valence-electron chi connectivity index (χ2n) is 5.80. The number of amides is 1. The molecule has 1 N–H and O–H groups in total. The van der Waals surface area contributed by atoms with E-state index in [1.54, 1.807) is 24.4 Å². The van der Waals surface area contributed by atoms with Crippen LogP contribution in [0.4, 0.5) is 11.6 Å². The number of hydrogen-bond donors (Lipinski definition) is 1. The number of anilines is 2. The summed E-state index contributed by atoms with van der Waals surface area (Å²) in [5.74, 6) is 0.425. The van der Waals surface area contributed by atoms with Gasteiger partial charge in [0.15, 0.2) is 0 Å². The van der Waals surface area contributed by atoms with Gasteiger partial charge in [0.25, 0.3) is 5.91 Å². The molecule has 3 rings (SSSR count). The average Bonchev–Trinajstić information content (AvgIpc) is 2.59. The Morgan fingerprint density at radius 1 is 1.17 bits per heavy atom. The van der Waals surface area contributed by atoms with Crippen molar-refractivity contribution in [3.8, 4) is 0 Å². The van der Waals surface area contributed by atoms with Crippen molar-refractivity contribution in [2.75, 3.05) is 23.3 Å². The normalized spacial score (nSPS) is 14.5. The molecule has 1 saturated heterocycles. The lowest BCUT2D eigenvalue weighted by molar-refractivity contribution is 0.102. The Labute approximate surface area is 151 Å². The van der Waals surface area contributed by atoms with Gasteiger partial charge in [-0.05, 0) is 44.4 Å². The third-order valence-corrected chi connectivity index (χ3v) is 4.77. The number of piperidine rings is 1. The number of aromatic nitrogens is 2. The molecule has 7 heteroatoms. The van der Waals surface area contributed by atoms with E-state index >= 15 is 0 Å². The number of nitrogens with one attached hydrogen (secondary N) is 1. The summed E-state index contributed by atoms with van der Waals surface area (Å²) in [7, 11) is 0. The fraction of sp³-hybridized carbons (Fsp3) is 0.353. The second kappa shape index (κ2) is 7.36. The number of aryl methyl sites for hydroxylation is 1. The molecule has 2 aromatic rings. The molecule has 0 bridgehead atoms. The van der Waals surface area contributed by atoms with Gasteiger partial charge in [-0.2, -0.15) is 0 Å². The molecule has 2 heterocycles. The summed E-state index contributed by atoms with van der Waals surface area (Å²) in [6.45, 7) is 3.75. The van der Waals surface area contributed by atoms with E-state index in [-0.39, 0.29) is 5.91 Å². The van der Waals surface area contributed by atoms with Crippen LogP contribution in [-0.4, -0.2) is 29.0 Å². The minimum Gasteiger partial charge on any atom is -0.341 e. The highest BCUT2D eigenvalue weighted by Gasteiger charge is 2.17. The molecule has 0 atom stereocenters. The molecule has 0 saturated carbocycles. The van der Waals surface area contributed by atoms with E-state index in [4.69, 9.17) is 23.2 Å². The fourth-order valence-corrected chi connectivity index (χ4v) is 2.99. The van der Waals surface area contributed by atoms with Crippen LogP contribution < -0.4 is 10.2 Å². The Kier molecular flexibility index (Phi) is 5.21. The number of carbonyl (C=O) groups is 1. The van der Waals surface area contributed by atoms with Crippen LogP contribution in [0, 0.1) is 6.92 Å². The lowest BCUT2D eigenvalue weighted by atomic mass is 10.1. The van der Waals surface area contributed by atoms with Crippen molar-refractivity contribution in [3.63, 3.8) is 0 Å². The summed E-state index contributed by atoms with van der Waals surface area (Å²) >= 11 is 11.8. The molecule has 1 aromatic carbocycles. The molecule has 0 spiro atoms.